The summed E-state index contributed by atoms with van der Waals surface area (Å²) in [5, 5.41) is 20.2. The first-order valence-corrected chi connectivity index (χ1v) is 6.78. The minimum atomic E-state index is -0.859. The number of rotatable bonds is 2. The van der Waals surface area contributed by atoms with E-state index in [9.17, 15) is 19.8 Å². The molecule has 2 aliphatic rings. The molecule has 2 saturated carbocycles. The summed E-state index contributed by atoms with van der Waals surface area (Å²) in [5.74, 6) is -1.98. The van der Waals surface area contributed by atoms with Gasteiger partial charge in [-0.1, -0.05) is 25.7 Å². The van der Waals surface area contributed by atoms with E-state index in [0.29, 0.717) is 0 Å². The molecule has 18 heavy (non-hydrogen) atoms. The van der Waals surface area contributed by atoms with Crippen molar-refractivity contribution in [3.05, 3.63) is 0 Å². The second kappa shape index (κ2) is 10.3. The van der Waals surface area contributed by atoms with Gasteiger partial charge in [0.2, 0.25) is 0 Å². The quantitative estimate of drug-likeness (QED) is 0.698. The molecule has 6 heteroatoms. The number of carbonyl (C=O) groups excluding carboxylic acids is 2. The van der Waals surface area contributed by atoms with Crippen molar-refractivity contribution in [2.45, 2.75) is 51.4 Å². The molecule has 0 aromatic carbocycles. The van der Waals surface area contributed by atoms with Gasteiger partial charge in [-0.15, -0.1) is 0 Å². The number of carbonyl (C=O) groups is 2. The average Bonchev–Trinajstić information content (AvgIpc) is 3.06. The number of carboxylic acids is 2. The number of carboxylic acid groups (broad SMARTS) is 2. The second-order valence-corrected chi connectivity index (χ2v) is 4.60. The average molecular weight is 293 g/mol. The van der Waals surface area contributed by atoms with Crippen LogP contribution >= 0.6 is 0 Å². The van der Waals surface area contributed by atoms with Crippen LogP contribution in [-0.4, -0.2) is 11.9 Å². The predicted molar refractivity (Wildman–Crippen MR) is 54.6 cm³/mol. The zero-order valence-corrected chi connectivity index (χ0v) is 11.7. The molecule has 0 aromatic rings. The molecule has 0 unspecified atom stereocenters. The Morgan fingerprint density at radius 1 is 0.722 bits per heavy atom. The first kappa shape index (κ1) is 17.3. The SMILES string of the molecule is O=C([O-])C1CCCC1.O=C([O-])C1CCCC1.[O]=[V+2]. The van der Waals surface area contributed by atoms with Crippen molar-refractivity contribution < 1.29 is 40.8 Å². The van der Waals surface area contributed by atoms with Crippen LogP contribution in [0.3, 0.4) is 0 Å². The van der Waals surface area contributed by atoms with Gasteiger partial charge in [-0.25, -0.2) is 0 Å². The zero-order chi connectivity index (χ0) is 14.0. The Morgan fingerprint density at radius 2 is 0.944 bits per heavy atom. The van der Waals surface area contributed by atoms with Crippen LogP contribution in [0.25, 0.3) is 0 Å². The summed E-state index contributed by atoms with van der Waals surface area (Å²) in [4.78, 5) is 20.2. The summed E-state index contributed by atoms with van der Waals surface area (Å²) in [7, 11) is 0. The van der Waals surface area contributed by atoms with Crippen molar-refractivity contribution in [1.82, 2.24) is 0 Å². The third-order valence-electron chi connectivity index (χ3n) is 3.38. The molecule has 2 aliphatic carbocycles. The van der Waals surface area contributed by atoms with Gasteiger partial charge in [-0.05, 0) is 37.5 Å². The topological polar surface area (TPSA) is 97.3 Å². The standard InChI is InChI=1S/2C6H10O2.O.V/c2*7-6(8)5-3-1-2-4-5;;/h2*5H,1-4H2,(H,7,8);;/q;;;+2/p-2. The molecule has 0 aliphatic heterocycles. The summed E-state index contributed by atoms with van der Waals surface area (Å²) < 4.78 is 8.19. The van der Waals surface area contributed by atoms with Gasteiger partial charge in [0.15, 0.2) is 0 Å². The predicted octanol–water partition coefficient (Wildman–Crippen LogP) is -0.268. The zero-order valence-electron chi connectivity index (χ0n) is 10.3. The van der Waals surface area contributed by atoms with Crippen molar-refractivity contribution in [3.63, 3.8) is 0 Å². The van der Waals surface area contributed by atoms with Crippen LogP contribution in [0.4, 0.5) is 0 Å². The molecule has 0 heterocycles. The van der Waals surface area contributed by atoms with Gasteiger partial charge in [-0.3, -0.25) is 0 Å². The first-order chi connectivity index (χ1) is 8.61. The van der Waals surface area contributed by atoms with Crippen LogP contribution in [0.5, 0.6) is 0 Å². The molecule has 0 N–H and O–H groups in total. The van der Waals surface area contributed by atoms with E-state index in [2.05, 4.69) is 0 Å². The van der Waals surface area contributed by atoms with E-state index in [1.54, 1.807) is 0 Å². The Morgan fingerprint density at radius 3 is 1.06 bits per heavy atom. The molecular weight excluding hydrogens is 275 g/mol. The summed E-state index contributed by atoms with van der Waals surface area (Å²) in [6, 6.07) is 0. The molecule has 2 fully saturated rings. The Bertz CT molecular complexity index is 231. The van der Waals surface area contributed by atoms with Crippen molar-refractivity contribution in [1.29, 1.82) is 0 Å². The maximum absolute atomic E-state index is 10.1. The Hall–Kier alpha value is -0.676. The van der Waals surface area contributed by atoms with E-state index in [0.717, 1.165) is 68.7 Å². The molecule has 0 bridgehead atoms. The van der Waals surface area contributed by atoms with E-state index in [1.807, 2.05) is 0 Å². The van der Waals surface area contributed by atoms with E-state index in [1.165, 1.54) is 0 Å². The van der Waals surface area contributed by atoms with Crippen molar-refractivity contribution in [3.8, 4) is 0 Å². The summed E-state index contributed by atoms with van der Waals surface area (Å²) >= 11 is 1.06. The van der Waals surface area contributed by atoms with Gasteiger partial charge in [0, 0.05) is 11.9 Å². The summed E-state index contributed by atoms with van der Waals surface area (Å²) in [6.07, 6.45) is 7.61. The van der Waals surface area contributed by atoms with Gasteiger partial charge < -0.3 is 19.8 Å². The number of hydrogen-bond acceptors (Lipinski definition) is 5. The van der Waals surface area contributed by atoms with Crippen molar-refractivity contribution in [2.75, 3.05) is 0 Å². The molecule has 0 spiro atoms. The van der Waals surface area contributed by atoms with E-state index >= 15 is 0 Å². The van der Waals surface area contributed by atoms with Crippen LogP contribution in [-0.2, 0) is 30.6 Å². The number of hydrogen-bond donors (Lipinski definition) is 0. The van der Waals surface area contributed by atoms with Gasteiger partial charge in [0.25, 0.3) is 0 Å². The third kappa shape index (κ3) is 6.91. The van der Waals surface area contributed by atoms with E-state index in [-0.39, 0.29) is 11.8 Å². The Kier molecular flexibility index (Phi) is 9.88. The summed E-state index contributed by atoms with van der Waals surface area (Å²) in [5.41, 5.74) is 0. The fraction of sp³-hybridized carbons (Fsp3) is 0.833. The monoisotopic (exact) mass is 293 g/mol. The van der Waals surface area contributed by atoms with E-state index in [4.69, 9.17) is 3.67 Å². The number of aliphatic carboxylic acids is 2. The molecule has 0 radical (unpaired) electrons. The van der Waals surface area contributed by atoms with Crippen LogP contribution in [0.15, 0.2) is 0 Å². The summed E-state index contributed by atoms with van der Waals surface area (Å²) in [6.45, 7) is 0. The van der Waals surface area contributed by atoms with Gasteiger partial charge >= 0.3 is 21.0 Å². The molecule has 5 nitrogen and oxygen atoms in total. The Balaban J connectivity index is 0.000000283. The molecule has 0 saturated heterocycles. The van der Waals surface area contributed by atoms with Crippen LogP contribution in [0.1, 0.15) is 51.4 Å². The fourth-order valence-electron chi connectivity index (χ4n) is 2.32. The fourth-order valence-corrected chi connectivity index (χ4v) is 2.32. The molecule has 101 valence electrons. The third-order valence-corrected chi connectivity index (χ3v) is 3.38. The molecule has 2 rings (SSSR count). The van der Waals surface area contributed by atoms with Gasteiger partial charge in [0.05, 0.1) is 0 Å². The maximum atomic E-state index is 10.1. The normalized spacial score (nSPS) is 19.4. The van der Waals surface area contributed by atoms with Crippen molar-refractivity contribution >= 4 is 11.9 Å². The van der Waals surface area contributed by atoms with Gasteiger partial charge in [0.1, 0.15) is 0 Å². The minimum absolute atomic E-state index is 0.130. The molecule has 0 amide bonds. The van der Waals surface area contributed by atoms with Crippen LogP contribution in [0.2, 0.25) is 0 Å². The van der Waals surface area contributed by atoms with Crippen LogP contribution in [0, 0.1) is 11.8 Å². The molecule has 0 aromatic heterocycles. The Labute approximate surface area is 116 Å². The van der Waals surface area contributed by atoms with Gasteiger partial charge in [-0.2, -0.15) is 0 Å². The molecular formula is C12H18O5V. The first-order valence-electron chi connectivity index (χ1n) is 6.21. The van der Waals surface area contributed by atoms with Crippen LogP contribution < -0.4 is 10.2 Å². The van der Waals surface area contributed by atoms with Crippen molar-refractivity contribution in [2.24, 2.45) is 11.8 Å². The second-order valence-electron chi connectivity index (χ2n) is 4.60. The van der Waals surface area contributed by atoms with E-state index < -0.39 is 11.9 Å². The molecule has 0 atom stereocenters.